The molecule has 1 N–H and O–H groups in total. The molecule has 0 aliphatic heterocycles. The smallest absolute Gasteiger partial charge is 0.433 e. The molecule has 0 aromatic heterocycles. The van der Waals surface area contributed by atoms with E-state index in [1.165, 1.54) is 6.92 Å². The third kappa shape index (κ3) is 5.60. The van der Waals surface area contributed by atoms with Crippen LogP contribution in [0.5, 0.6) is 0 Å². The maximum Gasteiger partial charge on any atom is 0.433 e. The van der Waals surface area contributed by atoms with E-state index in [9.17, 15) is 18.0 Å². The van der Waals surface area contributed by atoms with Gasteiger partial charge in [0.1, 0.15) is 6.61 Å². The van der Waals surface area contributed by atoms with Crippen molar-refractivity contribution in [3.05, 3.63) is 35.9 Å². The van der Waals surface area contributed by atoms with E-state index in [0.717, 1.165) is 0 Å². The van der Waals surface area contributed by atoms with Crippen molar-refractivity contribution in [2.75, 3.05) is 6.61 Å². The second-order valence-corrected chi connectivity index (χ2v) is 3.58. The molecular formula is C12H14F3NO3. The first-order valence-corrected chi connectivity index (χ1v) is 5.59. The fourth-order valence-corrected chi connectivity index (χ4v) is 1.26. The maximum absolute atomic E-state index is 12.4. The number of alkyl halides is 3. The lowest BCUT2D eigenvalue weighted by Gasteiger charge is -2.20. The molecule has 0 saturated heterocycles. The van der Waals surface area contributed by atoms with Crippen molar-refractivity contribution < 1.29 is 27.4 Å². The molecule has 4 nitrogen and oxygen atoms in total. The highest BCUT2D eigenvalue weighted by molar-refractivity contribution is 5.67. The summed E-state index contributed by atoms with van der Waals surface area (Å²) in [7, 11) is 0. The Kier molecular flexibility index (Phi) is 5.62. The number of carbonyl (C=O) groups is 1. The van der Waals surface area contributed by atoms with Gasteiger partial charge in [-0.1, -0.05) is 30.3 Å². The van der Waals surface area contributed by atoms with Crippen LogP contribution >= 0.6 is 0 Å². The molecule has 1 amide bonds. The van der Waals surface area contributed by atoms with E-state index in [0.29, 0.717) is 5.56 Å². The summed E-state index contributed by atoms with van der Waals surface area (Å²) in [4.78, 5) is 11.2. The molecular weight excluding hydrogens is 263 g/mol. The van der Waals surface area contributed by atoms with E-state index in [4.69, 9.17) is 0 Å². The van der Waals surface area contributed by atoms with Crippen molar-refractivity contribution in [3.63, 3.8) is 0 Å². The summed E-state index contributed by atoms with van der Waals surface area (Å²) in [6, 6.07) is 8.62. The molecule has 0 saturated carbocycles. The number of alkyl carbamates (subject to hydrolysis) is 1. The Morgan fingerprint density at radius 3 is 2.47 bits per heavy atom. The molecule has 106 valence electrons. The van der Waals surface area contributed by atoms with Crippen LogP contribution in [0.2, 0.25) is 0 Å². The Bertz CT molecular complexity index is 395. The van der Waals surface area contributed by atoms with Crippen molar-refractivity contribution >= 4 is 6.09 Å². The molecule has 0 radical (unpaired) electrons. The van der Waals surface area contributed by atoms with Gasteiger partial charge in [0, 0.05) is 6.61 Å². The van der Waals surface area contributed by atoms with Crippen molar-refractivity contribution in [1.82, 2.24) is 5.32 Å². The molecule has 1 rings (SSSR count). The quantitative estimate of drug-likeness (QED) is 0.842. The summed E-state index contributed by atoms with van der Waals surface area (Å²) in [6.45, 7) is 1.11. The fraction of sp³-hybridized carbons (Fsp3) is 0.417. The number of ether oxygens (including phenoxy) is 2. The minimum atomic E-state index is -4.68. The number of rotatable bonds is 5. The highest BCUT2D eigenvalue weighted by Crippen LogP contribution is 2.21. The van der Waals surface area contributed by atoms with Crippen LogP contribution in [0.15, 0.2) is 30.3 Å². The van der Waals surface area contributed by atoms with Gasteiger partial charge in [-0.25, -0.2) is 4.79 Å². The normalized spacial score (nSPS) is 12.8. The monoisotopic (exact) mass is 277 g/mol. The van der Waals surface area contributed by atoms with Gasteiger partial charge in [0.2, 0.25) is 6.23 Å². The second-order valence-electron chi connectivity index (χ2n) is 3.58. The number of amides is 1. The molecule has 0 aliphatic carbocycles. The van der Waals surface area contributed by atoms with E-state index in [-0.39, 0.29) is 13.2 Å². The van der Waals surface area contributed by atoms with Crippen LogP contribution in [0, 0.1) is 0 Å². The molecule has 0 fully saturated rings. The SMILES string of the molecule is CCOC(NC(=O)OCc1ccccc1)C(F)(F)F. The maximum atomic E-state index is 12.4. The van der Waals surface area contributed by atoms with Crippen LogP contribution in [-0.2, 0) is 16.1 Å². The zero-order chi connectivity index (χ0) is 14.3. The predicted octanol–water partition coefficient (Wildman–Crippen LogP) is 2.84. The Hall–Kier alpha value is -1.76. The molecule has 0 aliphatic rings. The van der Waals surface area contributed by atoms with E-state index in [2.05, 4.69) is 9.47 Å². The van der Waals surface area contributed by atoms with Crippen molar-refractivity contribution in [3.8, 4) is 0 Å². The average molecular weight is 277 g/mol. The van der Waals surface area contributed by atoms with Crippen LogP contribution in [-0.4, -0.2) is 25.1 Å². The summed E-state index contributed by atoms with van der Waals surface area (Å²) in [5, 5.41) is 1.62. The lowest BCUT2D eigenvalue weighted by atomic mass is 10.2. The minimum Gasteiger partial charge on any atom is -0.445 e. The van der Waals surface area contributed by atoms with Crippen molar-refractivity contribution in [2.24, 2.45) is 0 Å². The van der Waals surface area contributed by atoms with Gasteiger partial charge in [-0.05, 0) is 12.5 Å². The van der Waals surface area contributed by atoms with Gasteiger partial charge in [-0.15, -0.1) is 0 Å². The summed E-state index contributed by atoms with van der Waals surface area (Å²) in [6.07, 6.45) is -8.22. The molecule has 19 heavy (non-hydrogen) atoms. The molecule has 1 atom stereocenters. The lowest BCUT2D eigenvalue weighted by Crippen LogP contribution is -2.47. The zero-order valence-corrected chi connectivity index (χ0v) is 10.2. The van der Waals surface area contributed by atoms with Gasteiger partial charge in [0.15, 0.2) is 0 Å². The van der Waals surface area contributed by atoms with Crippen molar-refractivity contribution in [2.45, 2.75) is 25.9 Å². The number of hydrogen-bond acceptors (Lipinski definition) is 3. The van der Waals surface area contributed by atoms with E-state index >= 15 is 0 Å². The molecule has 0 heterocycles. The predicted molar refractivity (Wildman–Crippen MR) is 61.2 cm³/mol. The van der Waals surface area contributed by atoms with Crippen LogP contribution in [0.4, 0.5) is 18.0 Å². The zero-order valence-electron chi connectivity index (χ0n) is 10.2. The molecule has 0 bridgehead atoms. The average Bonchev–Trinajstić information content (AvgIpc) is 2.36. The Labute approximate surface area is 108 Å². The topological polar surface area (TPSA) is 47.6 Å². The van der Waals surface area contributed by atoms with Crippen LogP contribution in [0.3, 0.4) is 0 Å². The molecule has 1 aromatic carbocycles. The molecule has 7 heteroatoms. The third-order valence-corrected chi connectivity index (χ3v) is 2.09. The third-order valence-electron chi connectivity index (χ3n) is 2.09. The van der Waals surface area contributed by atoms with Crippen LogP contribution < -0.4 is 5.32 Å². The summed E-state index contributed by atoms with van der Waals surface area (Å²) in [5.41, 5.74) is 0.678. The van der Waals surface area contributed by atoms with Gasteiger partial charge >= 0.3 is 12.3 Å². The second kappa shape index (κ2) is 6.98. The number of halogens is 3. The Morgan fingerprint density at radius 2 is 1.95 bits per heavy atom. The van der Waals surface area contributed by atoms with E-state index in [1.807, 2.05) is 0 Å². The Morgan fingerprint density at radius 1 is 1.32 bits per heavy atom. The molecule has 1 unspecified atom stereocenters. The van der Waals surface area contributed by atoms with Crippen LogP contribution in [0.25, 0.3) is 0 Å². The number of benzene rings is 1. The van der Waals surface area contributed by atoms with Gasteiger partial charge in [-0.2, -0.15) is 13.2 Å². The fourth-order valence-electron chi connectivity index (χ4n) is 1.26. The first-order chi connectivity index (χ1) is 8.93. The van der Waals surface area contributed by atoms with E-state index in [1.54, 1.807) is 35.6 Å². The summed E-state index contributed by atoms with van der Waals surface area (Å²) < 4.78 is 46.4. The highest BCUT2D eigenvalue weighted by Gasteiger charge is 2.42. The molecule has 0 spiro atoms. The Balaban J connectivity index is 2.45. The number of nitrogens with one attached hydrogen (secondary N) is 1. The van der Waals surface area contributed by atoms with Crippen molar-refractivity contribution in [1.29, 1.82) is 0 Å². The largest absolute Gasteiger partial charge is 0.445 e. The highest BCUT2D eigenvalue weighted by atomic mass is 19.4. The first kappa shape index (κ1) is 15.3. The first-order valence-electron chi connectivity index (χ1n) is 5.59. The van der Waals surface area contributed by atoms with Gasteiger partial charge in [0.05, 0.1) is 0 Å². The number of carbonyl (C=O) groups excluding carboxylic acids is 1. The number of hydrogen-bond donors (Lipinski definition) is 1. The molecule has 1 aromatic rings. The van der Waals surface area contributed by atoms with Gasteiger partial charge in [0.25, 0.3) is 0 Å². The lowest BCUT2D eigenvalue weighted by molar-refractivity contribution is -0.226. The van der Waals surface area contributed by atoms with E-state index < -0.39 is 18.5 Å². The summed E-state index contributed by atoms with van der Waals surface area (Å²) >= 11 is 0. The minimum absolute atomic E-state index is 0.108. The van der Waals surface area contributed by atoms with Crippen LogP contribution in [0.1, 0.15) is 12.5 Å². The standard InChI is InChI=1S/C12H14F3NO3/c1-2-18-10(12(13,14)15)16-11(17)19-8-9-6-4-3-5-7-9/h3-7,10H,2,8H2,1H3,(H,16,17). The summed E-state index contributed by atoms with van der Waals surface area (Å²) in [5.74, 6) is 0. The van der Waals surface area contributed by atoms with Gasteiger partial charge < -0.3 is 9.47 Å². The van der Waals surface area contributed by atoms with Gasteiger partial charge in [-0.3, -0.25) is 5.32 Å².